The second-order valence-electron chi connectivity index (χ2n) is 4.78. The number of nitrogens with two attached hydrogens (primary N) is 1. The summed E-state index contributed by atoms with van der Waals surface area (Å²) in [6, 6.07) is 7.06. The molecule has 0 radical (unpaired) electrons. The number of hydrogen-bond acceptors (Lipinski definition) is 3. The van der Waals surface area contributed by atoms with Crippen LogP contribution in [0.4, 0.5) is 0 Å². The van der Waals surface area contributed by atoms with Crippen molar-refractivity contribution in [3.63, 3.8) is 0 Å². The molecule has 0 atom stereocenters. The molecule has 0 aromatic heterocycles. The number of hydrogen-bond donors (Lipinski definition) is 2. The molecule has 0 bridgehead atoms. The third-order valence-corrected chi connectivity index (χ3v) is 4.03. The van der Waals surface area contributed by atoms with Crippen LogP contribution < -0.4 is 10.5 Å². The largest absolute Gasteiger partial charge is 0.330 e. The van der Waals surface area contributed by atoms with Crippen molar-refractivity contribution >= 4 is 10.0 Å². The van der Waals surface area contributed by atoms with E-state index in [1.165, 1.54) is 0 Å². The fourth-order valence-electron chi connectivity index (χ4n) is 1.67. The summed E-state index contributed by atoms with van der Waals surface area (Å²) in [5.41, 5.74) is 6.49. The number of nitrogens with one attached hydrogen (secondary N) is 1. The zero-order valence-electron chi connectivity index (χ0n) is 11.0. The summed E-state index contributed by atoms with van der Waals surface area (Å²) < 4.78 is 26.3. The van der Waals surface area contributed by atoms with Crippen LogP contribution in [0.3, 0.4) is 0 Å². The first kappa shape index (κ1) is 15.1. The van der Waals surface area contributed by atoms with Crippen LogP contribution in [0.15, 0.2) is 29.2 Å². The highest BCUT2D eigenvalue weighted by molar-refractivity contribution is 7.89. The van der Waals surface area contributed by atoms with Crippen LogP contribution in [0.2, 0.25) is 0 Å². The maximum absolute atomic E-state index is 11.9. The van der Waals surface area contributed by atoms with Crippen LogP contribution in [-0.2, 0) is 16.4 Å². The molecule has 0 unspecified atom stereocenters. The molecule has 0 saturated carbocycles. The minimum atomic E-state index is -3.38. The van der Waals surface area contributed by atoms with Crippen LogP contribution in [0.25, 0.3) is 0 Å². The molecule has 0 amide bonds. The molecule has 0 aliphatic heterocycles. The molecule has 0 aliphatic carbocycles. The number of sulfonamides is 1. The van der Waals surface area contributed by atoms with Gasteiger partial charge in [0.25, 0.3) is 0 Å². The topological polar surface area (TPSA) is 72.2 Å². The summed E-state index contributed by atoms with van der Waals surface area (Å²) in [6.07, 6.45) is 1.60. The summed E-state index contributed by atoms with van der Waals surface area (Å²) in [5, 5.41) is 0. The lowest BCUT2D eigenvalue weighted by molar-refractivity contribution is 0.579. The predicted molar refractivity (Wildman–Crippen MR) is 73.8 cm³/mol. The zero-order valence-corrected chi connectivity index (χ0v) is 11.8. The van der Waals surface area contributed by atoms with Crippen LogP contribution >= 0.6 is 0 Å². The normalized spacial score (nSPS) is 12.0. The van der Waals surface area contributed by atoms with Gasteiger partial charge in [-0.1, -0.05) is 26.0 Å². The quantitative estimate of drug-likeness (QED) is 0.738. The van der Waals surface area contributed by atoms with Crippen molar-refractivity contribution in [3.8, 4) is 0 Å². The molecule has 0 saturated heterocycles. The Morgan fingerprint density at radius 3 is 2.33 bits per heavy atom. The van der Waals surface area contributed by atoms with Crippen molar-refractivity contribution in [2.45, 2.75) is 31.6 Å². The van der Waals surface area contributed by atoms with E-state index in [9.17, 15) is 8.42 Å². The molecule has 0 fully saturated rings. The third kappa shape index (κ3) is 4.76. The molecule has 1 aromatic rings. The first-order valence-corrected chi connectivity index (χ1v) is 7.72. The zero-order chi connectivity index (χ0) is 13.6. The van der Waals surface area contributed by atoms with Gasteiger partial charge in [-0.3, -0.25) is 0 Å². The highest BCUT2D eigenvalue weighted by Crippen LogP contribution is 2.13. The average Bonchev–Trinajstić information content (AvgIpc) is 2.29. The molecule has 4 nitrogen and oxygen atoms in total. The standard InChI is InChI=1S/C13H22N2O2S/c1-11(2)10-12-4-6-13(7-5-12)18(16,17)15-9-3-8-14/h4-7,11,15H,3,8-10,14H2,1-2H3. The lowest BCUT2D eigenvalue weighted by Crippen LogP contribution is -2.26. The lowest BCUT2D eigenvalue weighted by Gasteiger charge is -2.08. The van der Waals surface area contributed by atoms with Gasteiger partial charge in [-0.2, -0.15) is 0 Å². The van der Waals surface area contributed by atoms with Crippen molar-refractivity contribution < 1.29 is 8.42 Å². The molecule has 18 heavy (non-hydrogen) atoms. The van der Waals surface area contributed by atoms with E-state index in [0.29, 0.717) is 30.3 Å². The van der Waals surface area contributed by atoms with Gasteiger partial charge >= 0.3 is 0 Å². The Hall–Kier alpha value is -0.910. The van der Waals surface area contributed by atoms with Crippen molar-refractivity contribution in [2.24, 2.45) is 11.7 Å². The number of rotatable bonds is 7. The Kier molecular flexibility index (Phi) is 5.78. The second kappa shape index (κ2) is 6.87. The Bertz CT molecular complexity index is 452. The summed E-state index contributed by atoms with van der Waals surface area (Å²) >= 11 is 0. The fraction of sp³-hybridized carbons (Fsp3) is 0.538. The molecular formula is C13H22N2O2S. The van der Waals surface area contributed by atoms with Gasteiger partial charge in [-0.05, 0) is 43.0 Å². The van der Waals surface area contributed by atoms with Gasteiger partial charge in [0.1, 0.15) is 0 Å². The Morgan fingerprint density at radius 2 is 1.83 bits per heavy atom. The number of benzene rings is 1. The van der Waals surface area contributed by atoms with E-state index >= 15 is 0 Å². The minimum absolute atomic E-state index is 0.312. The molecule has 0 spiro atoms. The van der Waals surface area contributed by atoms with Gasteiger partial charge in [0.2, 0.25) is 10.0 Å². The van der Waals surface area contributed by atoms with E-state index in [1.807, 2.05) is 12.1 Å². The van der Waals surface area contributed by atoms with E-state index in [-0.39, 0.29) is 0 Å². The Balaban J connectivity index is 2.71. The monoisotopic (exact) mass is 270 g/mol. The van der Waals surface area contributed by atoms with Gasteiger partial charge in [0, 0.05) is 6.54 Å². The molecule has 1 rings (SSSR count). The van der Waals surface area contributed by atoms with Crippen LogP contribution in [-0.4, -0.2) is 21.5 Å². The van der Waals surface area contributed by atoms with E-state index in [4.69, 9.17) is 5.73 Å². The summed E-state index contributed by atoms with van der Waals surface area (Å²) in [5.74, 6) is 0.565. The molecular weight excluding hydrogens is 248 g/mol. The lowest BCUT2D eigenvalue weighted by atomic mass is 10.0. The van der Waals surface area contributed by atoms with Gasteiger partial charge < -0.3 is 5.73 Å². The Morgan fingerprint density at radius 1 is 1.22 bits per heavy atom. The minimum Gasteiger partial charge on any atom is -0.330 e. The van der Waals surface area contributed by atoms with E-state index in [0.717, 1.165) is 12.0 Å². The fourth-order valence-corrected chi connectivity index (χ4v) is 2.74. The molecule has 0 aliphatic rings. The van der Waals surface area contributed by atoms with Crippen LogP contribution in [0.5, 0.6) is 0 Å². The van der Waals surface area contributed by atoms with E-state index in [1.54, 1.807) is 12.1 Å². The first-order chi connectivity index (χ1) is 8.45. The van der Waals surface area contributed by atoms with E-state index in [2.05, 4.69) is 18.6 Å². The first-order valence-electron chi connectivity index (χ1n) is 6.24. The maximum Gasteiger partial charge on any atom is 0.240 e. The van der Waals surface area contributed by atoms with Gasteiger partial charge in [0.15, 0.2) is 0 Å². The average molecular weight is 270 g/mol. The second-order valence-corrected chi connectivity index (χ2v) is 6.55. The summed E-state index contributed by atoms with van der Waals surface area (Å²) in [7, 11) is -3.38. The summed E-state index contributed by atoms with van der Waals surface area (Å²) in [4.78, 5) is 0.312. The predicted octanol–water partition coefficient (Wildman–Crippen LogP) is 1.51. The molecule has 0 heterocycles. The highest BCUT2D eigenvalue weighted by Gasteiger charge is 2.12. The van der Waals surface area contributed by atoms with Crippen molar-refractivity contribution in [2.75, 3.05) is 13.1 Å². The highest BCUT2D eigenvalue weighted by atomic mass is 32.2. The smallest absolute Gasteiger partial charge is 0.240 e. The van der Waals surface area contributed by atoms with Gasteiger partial charge in [-0.15, -0.1) is 0 Å². The van der Waals surface area contributed by atoms with Crippen LogP contribution in [0, 0.1) is 5.92 Å². The Labute approximate surface area is 110 Å². The molecule has 102 valence electrons. The van der Waals surface area contributed by atoms with Gasteiger partial charge in [0.05, 0.1) is 4.90 Å². The van der Waals surface area contributed by atoms with E-state index < -0.39 is 10.0 Å². The van der Waals surface area contributed by atoms with Crippen molar-refractivity contribution in [1.82, 2.24) is 4.72 Å². The maximum atomic E-state index is 11.9. The molecule has 3 N–H and O–H groups in total. The van der Waals surface area contributed by atoms with Gasteiger partial charge in [-0.25, -0.2) is 13.1 Å². The van der Waals surface area contributed by atoms with Crippen LogP contribution in [0.1, 0.15) is 25.8 Å². The van der Waals surface area contributed by atoms with Crippen molar-refractivity contribution in [3.05, 3.63) is 29.8 Å². The molecule has 1 aromatic carbocycles. The van der Waals surface area contributed by atoms with Crippen molar-refractivity contribution in [1.29, 1.82) is 0 Å². The SMILES string of the molecule is CC(C)Cc1ccc(S(=O)(=O)NCCCN)cc1. The summed E-state index contributed by atoms with van der Waals surface area (Å²) in [6.45, 7) is 5.14. The third-order valence-electron chi connectivity index (χ3n) is 2.55. The molecule has 5 heteroatoms.